The molecule has 0 bridgehead atoms. The predicted octanol–water partition coefficient (Wildman–Crippen LogP) is 3.47. The normalized spacial score (nSPS) is 16.8. The lowest BCUT2D eigenvalue weighted by molar-refractivity contribution is -0.118. The van der Waals surface area contributed by atoms with Crippen LogP contribution in [0.25, 0.3) is 0 Å². The van der Waals surface area contributed by atoms with Gasteiger partial charge in [-0.3, -0.25) is 4.79 Å². The molecular weight excluding hydrogens is 276 g/mol. The number of ether oxygens (including phenoxy) is 1. The second-order valence-electron chi connectivity index (χ2n) is 4.84. The van der Waals surface area contributed by atoms with E-state index in [1.807, 2.05) is 18.2 Å². The van der Waals surface area contributed by atoms with Crippen LogP contribution in [0.15, 0.2) is 42.5 Å². The van der Waals surface area contributed by atoms with Crippen LogP contribution in [-0.2, 0) is 4.79 Å². The number of halogens is 2. The van der Waals surface area contributed by atoms with E-state index in [9.17, 15) is 13.6 Å². The van der Waals surface area contributed by atoms with E-state index in [-0.39, 0.29) is 11.6 Å². The lowest BCUT2D eigenvalue weighted by Gasteiger charge is -2.25. The first-order valence-corrected chi connectivity index (χ1v) is 6.63. The van der Waals surface area contributed by atoms with E-state index in [0.29, 0.717) is 18.8 Å². The number of nitrogens with one attached hydrogen (secondary N) is 1. The number of carbonyl (C=O) groups is 1. The highest BCUT2D eigenvalue weighted by Crippen LogP contribution is 2.34. The van der Waals surface area contributed by atoms with Crippen LogP contribution < -0.4 is 10.1 Å². The molecule has 0 fully saturated rings. The Labute approximate surface area is 120 Å². The van der Waals surface area contributed by atoms with Gasteiger partial charge >= 0.3 is 0 Å². The third-order valence-electron chi connectivity index (χ3n) is 3.46. The van der Waals surface area contributed by atoms with Gasteiger partial charge in [0.25, 0.3) is 0 Å². The Bertz CT molecular complexity index is 688. The summed E-state index contributed by atoms with van der Waals surface area (Å²) in [6.07, 6.45) is 0.520. The van der Waals surface area contributed by atoms with Crippen molar-refractivity contribution in [2.24, 2.45) is 0 Å². The van der Waals surface area contributed by atoms with Crippen molar-refractivity contribution in [2.45, 2.75) is 12.3 Å². The first-order chi connectivity index (χ1) is 10.1. The first kappa shape index (κ1) is 13.5. The molecule has 3 rings (SSSR count). The van der Waals surface area contributed by atoms with Gasteiger partial charge in [-0.25, -0.2) is 8.78 Å². The maximum Gasteiger partial charge on any atom is 0.232 e. The quantitative estimate of drug-likeness (QED) is 0.919. The van der Waals surface area contributed by atoms with Crippen LogP contribution in [0.3, 0.4) is 0 Å². The molecule has 1 aliphatic heterocycles. The van der Waals surface area contributed by atoms with E-state index in [0.717, 1.165) is 17.7 Å². The highest BCUT2D eigenvalue weighted by Gasteiger charge is 2.27. The smallest absolute Gasteiger partial charge is 0.232 e. The molecule has 5 heteroatoms. The van der Waals surface area contributed by atoms with Gasteiger partial charge in [-0.1, -0.05) is 18.2 Å². The Hall–Kier alpha value is -2.43. The summed E-state index contributed by atoms with van der Waals surface area (Å²) in [6.45, 7) is 0.432. The Kier molecular flexibility index (Phi) is 3.56. The van der Waals surface area contributed by atoms with Gasteiger partial charge in [-0.2, -0.15) is 0 Å². The van der Waals surface area contributed by atoms with E-state index in [1.165, 1.54) is 6.07 Å². The summed E-state index contributed by atoms with van der Waals surface area (Å²) < 4.78 is 32.0. The van der Waals surface area contributed by atoms with E-state index >= 15 is 0 Å². The van der Waals surface area contributed by atoms with Gasteiger partial charge < -0.3 is 10.1 Å². The lowest BCUT2D eigenvalue weighted by Crippen LogP contribution is -2.26. The van der Waals surface area contributed by atoms with E-state index in [2.05, 4.69) is 5.32 Å². The Morgan fingerprint density at radius 2 is 2.00 bits per heavy atom. The molecule has 21 heavy (non-hydrogen) atoms. The van der Waals surface area contributed by atoms with Crippen molar-refractivity contribution in [3.8, 4) is 5.75 Å². The average molecular weight is 289 g/mol. The van der Waals surface area contributed by atoms with Gasteiger partial charge in [0.15, 0.2) is 0 Å². The minimum Gasteiger partial charge on any atom is -0.493 e. The number of anilines is 1. The molecule has 1 amide bonds. The van der Waals surface area contributed by atoms with Crippen LogP contribution in [0.2, 0.25) is 0 Å². The van der Waals surface area contributed by atoms with Crippen molar-refractivity contribution in [1.82, 2.24) is 0 Å². The fraction of sp³-hybridized carbons (Fsp3) is 0.188. The van der Waals surface area contributed by atoms with Crippen molar-refractivity contribution in [2.75, 3.05) is 11.9 Å². The molecule has 2 aromatic rings. The number of rotatable bonds is 2. The fourth-order valence-corrected chi connectivity index (χ4v) is 2.43. The van der Waals surface area contributed by atoms with Crippen LogP contribution in [0.5, 0.6) is 5.75 Å². The molecule has 3 nitrogen and oxygen atoms in total. The fourth-order valence-electron chi connectivity index (χ4n) is 2.43. The Morgan fingerprint density at radius 1 is 1.19 bits per heavy atom. The van der Waals surface area contributed by atoms with Gasteiger partial charge in [0.05, 0.1) is 18.2 Å². The molecule has 2 aromatic carbocycles. The van der Waals surface area contributed by atoms with Crippen LogP contribution in [0, 0.1) is 11.6 Å². The van der Waals surface area contributed by atoms with Crippen LogP contribution >= 0.6 is 0 Å². The summed E-state index contributed by atoms with van der Waals surface area (Å²) in [7, 11) is 0. The zero-order valence-corrected chi connectivity index (χ0v) is 11.1. The largest absolute Gasteiger partial charge is 0.493 e. The zero-order chi connectivity index (χ0) is 14.8. The van der Waals surface area contributed by atoms with Crippen LogP contribution in [0.1, 0.15) is 17.9 Å². The number of benzene rings is 2. The van der Waals surface area contributed by atoms with Crippen molar-refractivity contribution in [1.29, 1.82) is 0 Å². The maximum atomic E-state index is 13.6. The topological polar surface area (TPSA) is 38.3 Å². The van der Waals surface area contributed by atoms with Crippen molar-refractivity contribution < 1.29 is 18.3 Å². The summed E-state index contributed by atoms with van der Waals surface area (Å²) in [5.41, 5.74) is 0.758. The van der Waals surface area contributed by atoms with Gasteiger partial charge in [-0.15, -0.1) is 0 Å². The van der Waals surface area contributed by atoms with Crippen LogP contribution in [-0.4, -0.2) is 12.5 Å². The molecule has 1 atom stereocenters. The summed E-state index contributed by atoms with van der Waals surface area (Å²) in [5.74, 6) is -1.52. The molecule has 1 aliphatic rings. The second kappa shape index (κ2) is 5.52. The molecule has 0 saturated carbocycles. The van der Waals surface area contributed by atoms with Crippen molar-refractivity contribution in [3.63, 3.8) is 0 Å². The minimum absolute atomic E-state index is 0.0228. The molecule has 1 unspecified atom stereocenters. The number of hydrogen-bond acceptors (Lipinski definition) is 2. The molecule has 0 radical (unpaired) electrons. The Morgan fingerprint density at radius 3 is 2.81 bits per heavy atom. The highest BCUT2D eigenvalue weighted by atomic mass is 19.1. The number of fused-ring (bicyclic) bond motifs is 1. The molecule has 0 spiro atoms. The lowest BCUT2D eigenvalue weighted by atomic mass is 9.92. The minimum atomic E-state index is -0.788. The number of hydrogen-bond donors (Lipinski definition) is 1. The molecule has 0 saturated heterocycles. The van der Waals surface area contributed by atoms with Gasteiger partial charge in [0.1, 0.15) is 17.4 Å². The van der Waals surface area contributed by atoms with Gasteiger partial charge in [-0.05, 0) is 24.6 Å². The molecule has 108 valence electrons. The molecule has 0 aromatic heterocycles. The summed E-state index contributed by atoms with van der Waals surface area (Å²) in [5, 5.41) is 2.51. The van der Waals surface area contributed by atoms with Crippen molar-refractivity contribution >= 4 is 11.6 Å². The molecule has 0 aliphatic carbocycles. The third kappa shape index (κ3) is 2.72. The van der Waals surface area contributed by atoms with E-state index < -0.39 is 17.6 Å². The molecular formula is C16H13F2NO2. The standard InChI is InChI=1S/C16H13F2NO2/c17-10-5-6-14(13(18)9-10)19-16(20)12-7-8-21-15-4-2-1-3-11(12)15/h1-6,9,12H,7-8H2,(H,19,20). The average Bonchev–Trinajstić information content (AvgIpc) is 2.49. The third-order valence-corrected chi connectivity index (χ3v) is 3.46. The van der Waals surface area contributed by atoms with E-state index in [1.54, 1.807) is 6.07 Å². The number of carbonyl (C=O) groups excluding carboxylic acids is 1. The summed E-state index contributed by atoms with van der Waals surface area (Å²) >= 11 is 0. The van der Waals surface area contributed by atoms with Gasteiger partial charge in [0, 0.05) is 11.6 Å². The van der Waals surface area contributed by atoms with E-state index in [4.69, 9.17) is 4.74 Å². The monoisotopic (exact) mass is 289 g/mol. The molecule has 1 heterocycles. The molecule has 1 N–H and O–H groups in total. The summed E-state index contributed by atoms with van der Waals surface area (Å²) in [4.78, 5) is 12.3. The Balaban J connectivity index is 1.83. The van der Waals surface area contributed by atoms with Gasteiger partial charge in [0.2, 0.25) is 5.91 Å². The van der Waals surface area contributed by atoms with Crippen LogP contribution in [0.4, 0.5) is 14.5 Å². The zero-order valence-electron chi connectivity index (χ0n) is 11.1. The summed E-state index contributed by atoms with van der Waals surface area (Å²) in [6, 6.07) is 10.3. The second-order valence-corrected chi connectivity index (χ2v) is 4.84. The number of para-hydroxylation sites is 1. The maximum absolute atomic E-state index is 13.6. The first-order valence-electron chi connectivity index (χ1n) is 6.63. The SMILES string of the molecule is O=C(Nc1ccc(F)cc1F)C1CCOc2ccccc21. The number of amides is 1. The highest BCUT2D eigenvalue weighted by molar-refractivity contribution is 5.96. The predicted molar refractivity (Wildman–Crippen MR) is 74.3 cm³/mol. The van der Waals surface area contributed by atoms with Crippen molar-refractivity contribution in [3.05, 3.63) is 59.7 Å².